The number of nitrogens with one attached hydrogen (secondary N) is 1. The molecule has 110 valence electrons. The number of amides is 1. The smallest absolute Gasteiger partial charge is 0.238 e. The molecule has 0 spiro atoms. The lowest BCUT2D eigenvalue weighted by molar-refractivity contribution is -0.128. The van der Waals surface area contributed by atoms with Crippen LogP contribution in [0, 0.1) is 6.92 Å². The van der Waals surface area contributed by atoms with Crippen LogP contribution in [0.3, 0.4) is 0 Å². The Morgan fingerprint density at radius 3 is 2.80 bits per heavy atom. The summed E-state index contributed by atoms with van der Waals surface area (Å²) in [5.41, 5.74) is 2.32. The van der Waals surface area contributed by atoms with Gasteiger partial charge in [0.05, 0.1) is 6.54 Å². The van der Waals surface area contributed by atoms with E-state index < -0.39 is 10.8 Å². The Labute approximate surface area is 123 Å². The van der Waals surface area contributed by atoms with E-state index >= 15 is 0 Å². The maximum absolute atomic E-state index is 12.0. The molecule has 2 rings (SSSR count). The molecule has 0 aliphatic carbocycles. The van der Waals surface area contributed by atoms with Crippen molar-refractivity contribution in [3.63, 3.8) is 0 Å². The second-order valence-electron chi connectivity index (χ2n) is 5.33. The number of nitrogens with zero attached hydrogens (tertiary/aromatic N) is 1. The second-order valence-corrected chi connectivity index (χ2v) is 7.13. The molecule has 0 bridgehead atoms. The fourth-order valence-corrected chi connectivity index (χ4v) is 2.89. The molecule has 20 heavy (non-hydrogen) atoms. The monoisotopic (exact) mass is 294 g/mol. The molecule has 3 atom stereocenters. The molecular formula is C15H22N2O2S. The van der Waals surface area contributed by atoms with E-state index in [-0.39, 0.29) is 17.3 Å². The lowest BCUT2D eigenvalue weighted by Gasteiger charge is -2.26. The Morgan fingerprint density at radius 2 is 2.15 bits per heavy atom. The highest BCUT2D eigenvalue weighted by atomic mass is 32.2. The van der Waals surface area contributed by atoms with E-state index in [9.17, 15) is 9.00 Å². The highest BCUT2D eigenvalue weighted by Gasteiger charge is 2.32. The maximum atomic E-state index is 12.0. The molecule has 1 saturated heterocycles. The van der Waals surface area contributed by atoms with Gasteiger partial charge in [-0.05, 0) is 24.5 Å². The Balaban J connectivity index is 2.11. The Kier molecular flexibility index (Phi) is 4.94. The number of hydrogen-bond acceptors (Lipinski definition) is 3. The quantitative estimate of drug-likeness (QED) is 0.897. The van der Waals surface area contributed by atoms with Gasteiger partial charge in [0.15, 0.2) is 0 Å². The number of carbonyl (C=O) groups excluding carboxylic acids is 1. The molecule has 1 N–H and O–H groups in total. The number of carbonyl (C=O) groups is 1. The van der Waals surface area contributed by atoms with Crippen LogP contribution < -0.4 is 5.32 Å². The van der Waals surface area contributed by atoms with Crippen molar-refractivity contribution in [1.29, 1.82) is 0 Å². The van der Waals surface area contributed by atoms with Crippen molar-refractivity contribution in [2.24, 2.45) is 0 Å². The third-order valence-corrected chi connectivity index (χ3v) is 5.27. The zero-order valence-corrected chi connectivity index (χ0v) is 13.1. The van der Waals surface area contributed by atoms with E-state index in [1.165, 1.54) is 5.56 Å². The normalized spacial score (nSPS) is 22.1. The summed E-state index contributed by atoms with van der Waals surface area (Å²) in [5, 5.41) is 3.38. The van der Waals surface area contributed by atoms with Crippen molar-refractivity contribution in [2.45, 2.75) is 31.7 Å². The molecule has 1 amide bonds. The van der Waals surface area contributed by atoms with Crippen molar-refractivity contribution in [3.8, 4) is 0 Å². The lowest BCUT2D eigenvalue weighted by Crippen LogP contribution is -2.33. The molecule has 1 aromatic rings. The van der Waals surface area contributed by atoms with Crippen molar-refractivity contribution in [1.82, 2.24) is 10.2 Å². The molecule has 1 aromatic carbocycles. The van der Waals surface area contributed by atoms with E-state index in [1.807, 2.05) is 24.0 Å². The highest BCUT2D eigenvalue weighted by molar-refractivity contribution is 7.84. The predicted molar refractivity (Wildman–Crippen MR) is 81.8 cm³/mol. The van der Waals surface area contributed by atoms with Crippen LogP contribution in [0.2, 0.25) is 0 Å². The van der Waals surface area contributed by atoms with Gasteiger partial charge in [-0.25, -0.2) is 0 Å². The van der Waals surface area contributed by atoms with Gasteiger partial charge in [-0.3, -0.25) is 14.3 Å². The van der Waals surface area contributed by atoms with Crippen LogP contribution in [0.1, 0.15) is 30.6 Å². The molecule has 1 aliphatic heterocycles. The third kappa shape index (κ3) is 3.27. The van der Waals surface area contributed by atoms with Crippen LogP contribution in [0.5, 0.6) is 0 Å². The summed E-state index contributed by atoms with van der Waals surface area (Å²) in [5.74, 6) is 0.118. The maximum Gasteiger partial charge on any atom is 0.238 e. The molecule has 0 saturated carbocycles. The number of rotatable bonds is 5. The van der Waals surface area contributed by atoms with Crippen LogP contribution in [-0.2, 0) is 15.6 Å². The number of hydrogen-bond donors (Lipinski definition) is 1. The highest BCUT2D eigenvalue weighted by Crippen LogP contribution is 2.25. The summed E-state index contributed by atoms with van der Waals surface area (Å²) in [6.07, 6.45) is 2.42. The third-order valence-electron chi connectivity index (χ3n) is 3.90. The summed E-state index contributed by atoms with van der Waals surface area (Å²) in [4.78, 5) is 13.9. The fourth-order valence-electron chi connectivity index (χ4n) is 2.45. The molecule has 5 heteroatoms. The van der Waals surface area contributed by atoms with Gasteiger partial charge in [0.25, 0.3) is 0 Å². The summed E-state index contributed by atoms with van der Waals surface area (Å²) < 4.78 is 11.4. The van der Waals surface area contributed by atoms with Gasteiger partial charge in [-0.1, -0.05) is 31.2 Å². The van der Waals surface area contributed by atoms with Crippen LogP contribution in [0.15, 0.2) is 24.3 Å². The van der Waals surface area contributed by atoms with Gasteiger partial charge < -0.3 is 4.90 Å². The first-order chi connectivity index (χ1) is 9.50. The average Bonchev–Trinajstić information content (AvgIpc) is 2.77. The van der Waals surface area contributed by atoms with Crippen LogP contribution in [0.25, 0.3) is 0 Å². The van der Waals surface area contributed by atoms with E-state index in [0.29, 0.717) is 13.1 Å². The van der Waals surface area contributed by atoms with Crippen molar-refractivity contribution < 1.29 is 9.00 Å². The number of benzene rings is 1. The van der Waals surface area contributed by atoms with Gasteiger partial charge in [0, 0.05) is 28.9 Å². The minimum Gasteiger partial charge on any atom is -0.322 e. The van der Waals surface area contributed by atoms with E-state index in [1.54, 1.807) is 6.26 Å². The molecule has 3 unspecified atom stereocenters. The number of aryl methyl sites for hydroxylation is 1. The second kappa shape index (κ2) is 6.50. The minimum absolute atomic E-state index is 0.0545. The van der Waals surface area contributed by atoms with Crippen LogP contribution in [-0.4, -0.2) is 39.6 Å². The molecule has 0 radical (unpaired) electrons. The lowest BCUT2D eigenvalue weighted by atomic mass is 10.1. The molecule has 1 fully saturated rings. The van der Waals surface area contributed by atoms with Gasteiger partial charge in [0.1, 0.15) is 6.17 Å². The Hall–Kier alpha value is -1.20. The first-order valence-electron chi connectivity index (χ1n) is 6.91. The molecule has 1 aliphatic rings. The van der Waals surface area contributed by atoms with Crippen molar-refractivity contribution >= 4 is 16.7 Å². The average molecular weight is 294 g/mol. The zero-order chi connectivity index (χ0) is 14.7. The summed E-state index contributed by atoms with van der Waals surface area (Å²) in [6, 6.07) is 8.11. The Bertz CT molecular complexity index is 518. The largest absolute Gasteiger partial charge is 0.322 e. The zero-order valence-electron chi connectivity index (χ0n) is 12.3. The Morgan fingerprint density at radius 1 is 1.45 bits per heavy atom. The summed E-state index contributed by atoms with van der Waals surface area (Å²) in [6.45, 7) is 5.04. The van der Waals surface area contributed by atoms with Crippen molar-refractivity contribution in [3.05, 3.63) is 35.4 Å². The summed E-state index contributed by atoms with van der Waals surface area (Å²) >= 11 is 0. The predicted octanol–water partition coefficient (Wildman–Crippen LogP) is 1.58. The molecular weight excluding hydrogens is 272 g/mol. The molecule has 4 nitrogen and oxygen atoms in total. The van der Waals surface area contributed by atoms with Gasteiger partial charge in [-0.2, -0.15) is 0 Å². The van der Waals surface area contributed by atoms with E-state index in [2.05, 4.69) is 24.4 Å². The van der Waals surface area contributed by atoms with Crippen molar-refractivity contribution in [2.75, 3.05) is 19.3 Å². The molecule has 1 heterocycles. The van der Waals surface area contributed by atoms with E-state index in [4.69, 9.17) is 0 Å². The molecule has 0 aromatic heterocycles. The van der Waals surface area contributed by atoms with Crippen LogP contribution in [0.4, 0.5) is 0 Å². The summed E-state index contributed by atoms with van der Waals surface area (Å²) in [7, 11) is -0.840. The first kappa shape index (κ1) is 15.2. The van der Waals surface area contributed by atoms with Gasteiger partial charge >= 0.3 is 0 Å². The topological polar surface area (TPSA) is 49.4 Å². The van der Waals surface area contributed by atoms with E-state index in [0.717, 1.165) is 12.0 Å². The van der Waals surface area contributed by atoms with Gasteiger partial charge in [0.2, 0.25) is 5.91 Å². The van der Waals surface area contributed by atoms with Crippen LogP contribution >= 0.6 is 0 Å². The fraction of sp³-hybridized carbons (Fsp3) is 0.533. The SMILES string of the molecule is Cc1ccccc1C1NCC(=O)N1CCC(C)S(C)=O. The first-order valence-corrected chi connectivity index (χ1v) is 8.53. The minimum atomic E-state index is -0.840. The van der Waals surface area contributed by atoms with Gasteiger partial charge in [-0.15, -0.1) is 0 Å². The standard InChI is InChI=1S/C15H22N2O2S/c1-11-6-4-5-7-13(11)15-16-10-14(18)17(15)9-8-12(2)20(3)19/h4-7,12,15-16H,8-10H2,1-3H3.